The van der Waals surface area contributed by atoms with Gasteiger partial charge in [-0.15, -0.1) is 11.6 Å². The van der Waals surface area contributed by atoms with Gasteiger partial charge in [0.2, 0.25) is 5.91 Å². The molecule has 0 bridgehead atoms. The van der Waals surface area contributed by atoms with E-state index >= 15 is 0 Å². The summed E-state index contributed by atoms with van der Waals surface area (Å²) in [5, 5.41) is 2.65. The summed E-state index contributed by atoms with van der Waals surface area (Å²) in [5.41, 5.74) is -0.430. The van der Waals surface area contributed by atoms with Crippen LogP contribution < -0.4 is 5.32 Å². The van der Waals surface area contributed by atoms with Crippen LogP contribution in [0.15, 0.2) is 0 Å². The molecule has 0 heterocycles. The molecule has 0 aromatic rings. The zero-order chi connectivity index (χ0) is 11.4. The molecule has 3 nitrogen and oxygen atoms in total. The molecule has 0 rings (SSSR count). The maximum absolute atomic E-state index is 11.6. The van der Waals surface area contributed by atoms with E-state index in [1.54, 1.807) is 6.92 Å². The van der Waals surface area contributed by atoms with Crippen LogP contribution in [0, 0.1) is 5.41 Å². The van der Waals surface area contributed by atoms with Crippen molar-refractivity contribution in [2.24, 2.45) is 5.41 Å². The van der Waals surface area contributed by atoms with Crippen LogP contribution in [0.4, 0.5) is 0 Å². The number of nitrogens with one attached hydrogen (secondary N) is 1. The van der Waals surface area contributed by atoms with Gasteiger partial charge in [-0.1, -0.05) is 20.8 Å². The molecule has 0 saturated heterocycles. The first-order chi connectivity index (χ1) is 6.35. The van der Waals surface area contributed by atoms with Gasteiger partial charge >= 0.3 is 0 Å². The monoisotopic (exact) mass is 219 g/mol. The van der Waals surface area contributed by atoms with Gasteiger partial charge in [0.05, 0.1) is 11.9 Å². The SMILES string of the molecule is CCC(C)(C)C(=O)N[C@@H](C)C(=O)CCl. The average Bonchev–Trinajstić information content (AvgIpc) is 2.16. The number of halogens is 1. The quantitative estimate of drug-likeness (QED) is 0.716. The summed E-state index contributed by atoms with van der Waals surface area (Å²) in [6.45, 7) is 7.28. The molecular weight excluding hydrogens is 202 g/mol. The molecule has 4 heteroatoms. The van der Waals surface area contributed by atoms with E-state index in [9.17, 15) is 9.59 Å². The highest BCUT2D eigenvalue weighted by molar-refractivity contribution is 6.28. The second kappa shape index (κ2) is 5.35. The molecule has 1 amide bonds. The molecular formula is C10H18ClNO2. The molecule has 0 aromatic heterocycles. The van der Waals surface area contributed by atoms with Crippen LogP contribution in [-0.4, -0.2) is 23.6 Å². The number of hydrogen-bond donors (Lipinski definition) is 1. The van der Waals surface area contributed by atoms with E-state index in [1.807, 2.05) is 20.8 Å². The number of alkyl halides is 1. The predicted molar refractivity (Wildman–Crippen MR) is 57.4 cm³/mol. The summed E-state index contributed by atoms with van der Waals surface area (Å²) in [4.78, 5) is 22.7. The highest BCUT2D eigenvalue weighted by atomic mass is 35.5. The third-order valence-corrected chi connectivity index (χ3v) is 2.72. The van der Waals surface area contributed by atoms with Crippen molar-refractivity contribution in [3.8, 4) is 0 Å². The van der Waals surface area contributed by atoms with Crippen LogP contribution in [0.2, 0.25) is 0 Å². The van der Waals surface area contributed by atoms with Crippen LogP contribution in [0.5, 0.6) is 0 Å². The second-order valence-electron chi connectivity index (χ2n) is 4.03. The molecule has 0 unspecified atom stereocenters. The lowest BCUT2D eigenvalue weighted by Gasteiger charge is -2.23. The minimum absolute atomic E-state index is 0.0615. The highest BCUT2D eigenvalue weighted by Crippen LogP contribution is 2.19. The van der Waals surface area contributed by atoms with E-state index in [4.69, 9.17) is 11.6 Å². The summed E-state index contributed by atoms with van der Waals surface area (Å²) in [7, 11) is 0. The van der Waals surface area contributed by atoms with Crippen LogP contribution in [-0.2, 0) is 9.59 Å². The fourth-order valence-electron chi connectivity index (χ4n) is 0.749. The molecule has 0 saturated carbocycles. The van der Waals surface area contributed by atoms with Gasteiger partial charge in [-0.2, -0.15) is 0 Å². The first-order valence-electron chi connectivity index (χ1n) is 4.74. The largest absolute Gasteiger partial charge is 0.346 e. The van der Waals surface area contributed by atoms with Gasteiger partial charge < -0.3 is 5.32 Å². The van der Waals surface area contributed by atoms with Crippen molar-refractivity contribution in [2.45, 2.75) is 40.2 Å². The Labute approximate surface area is 90.2 Å². The highest BCUT2D eigenvalue weighted by Gasteiger charge is 2.27. The standard InChI is InChI=1S/C10H18ClNO2/c1-5-10(3,4)9(14)12-7(2)8(13)6-11/h7H,5-6H2,1-4H3,(H,12,14)/t7-/m0/s1. The summed E-state index contributed by atoms with van der Waals surface area (Å²) in [6.07, 6.45) is 0.737. The minimum Gasteiger partial charge on any atom is -0.346 e. The third-order valence-electron chi connectivity index (χ3n) is 2.46. The molecule has 82 valence electrons. The van der Waals surface area contributed by atoms with E-state index in [0.29, 0.717) is 0 Å². The van der Waals surface area contributed by atoms with Gasteiger partial charge in [0.15, 0.2) is 5.78 Å². The Hall–Kier alpha value is -0.570. The smallest absolute Gasteiger partial charge is 0.226 e. The lowest BCUT2D eigenvalue weighted by molar-refractivity contribution is -0.132. The zero-order valence-corrected chi connectivity index (χ0v) is 9.94. The lowest BCUT2D eigenvalue weighted by Crippen LogP contribution is -2.45. The van der Waals surface area contributed by atoms with E-state index in [1.165, 1.54) is 0 Å². The Kier molecular flexibility index (Phi) is 5.13. The van der Waals surface area contributed by atoms with Crippen molar-refractivity contribution in [2.75, 3.05) is 5.88 Å². The average molecular weight is 220 g/mol. The number of amides is 1. The van der Waals surface area contributed by atoms with Crippen LogP contribution in [0.25, 0.3) is 0 Å². The minimum atomic E-state index is -0.495. The summed E-state index contributed by atoms with van der Waals surface area (Å²) in [5.74, 6) is -0.327. The topological polar surface area (TPSA) is 46.2 Å². The maximum atomic E-state index is 11.6. The Morgan fingerprint density at radius 3 is 2.29 bits per heavy atom. The van der Waals surface area contributed by atoms with Crippen molar-refractivity contribution >= 4 is 23.3 Å². The van der Waals surface area contributed by atoms with Gasteiger partial charge in [0.1, 0.15) is 0 Å². The number of hydrogen-bond acceptors (Lipinski definition) is 2. The van der Waals surface area contributed by atoms with Gasteiger partial charge in [0.25, 0.3) is 0 Å². The summed E-state index contributed by atoms with van der Waals surface area (Å²) >= 11 is 5.38. The molecule has 0 aromatic carbocycles. The van der Waals surface area contributed by atoms with Crippen LogP contribution >= 0.6 is 11.6 Å². The van der Waals surface area contributed by atoms with E-state index in [2.05, 4.69) is 5.32 Å². The molecule has 0 aliphatic carbocycles. The molecule has 1 N–H and O–H groups in total. The number of carbonyl (C=O) groups excluding carboxylic acids is 2. The molecule has 0 aliphatic heterocycles. The fraction of sp³-hybridized carbons (Fsp3) is 0.800. The van der Waals surface area contributed by atoms with Crippen molar-refractivity contribution in [3.05, 3.63) is 0 Å². The summed E-state index contributed by atoms with van der Waals surface area (Å²) in [6, 6.07) is -0.495. The zero-order valence-electron chi connectivity index (χ0n) is 9.19. The second-order valence-corrected chi connectivity index (χ2v) is 4.30. The Morgan fingerprint density at radius 2 is 1.93 bits per heavy atom. The first-order valence-corrected chi connectivity index (χ1v) is 5.28. The molecule has 1 atom stereocenters. The first kappa shape index (κ1) is 13.4. The van der Waals surface area contributed by atoms with E-state index < -0.39 is 11.5 Å². The van der Waals surface area contributed by atoms with Crippen molar-refractivity contribution < 1.29 is 9.59 Å². The number of rotatable bonds is 5. The summed E-state index contributed by atoms with van der Waals surface area (Å²) < 4.78 is 0. The number of ketones is 1. The third kappa shape index (κ3) is 3.66. The van der Waals surface area contributed by atoms with Crippen molar-refractivity contribution in [1.29, 1.82) is 0 Å². The van der Waals surface area contributed by atoms with E-state index in [-0.39, 0.29) is 17.6 Å². The van der Waals surface area contributed by atoms with Gasteiger partial charge in [-0.05, 0) is 13.3 Å². The van der Waals surface area contributed by atoms with Gasteiger partial charge in [-0.3, -0.25) is 9.59 Å². The maximum Gasteiger partial charge on any atom is 0.226 e. The van der Waals surface area contributed by atoms with E-state index in [0.717, 1.165) is 6.42 Å². The number of carbonyl (C=O) groups is 2. The Balaban J connectivity index is 4.26. The van der Waals surface area contributed by atoms with Crippen molar-refractivity contribution in [1.82, 2.24) is 5.32 Å². The van der Waals surface area contributed by atoms with Gasteiger partial charge in [0, 0.05) is 5.41 Å². The molecule has 0 aliphatic rings. The Morgan fingerprint density at radius 1 is 1.43 bits per heavy atom. The van der Waals surface area contributed by atoms with Crippen molar-refractivity contribution in [3.63, 3.8) is 0 Å². The molecule has 14 heavy (non-hydrogen) atoms. The van der Waals surface area contributed by atoms with Gasteiger partial charge in [-0.25, -0.2) is 0 Å². The lowest BCUT2D eigenvalue weighted by atomic mass is 9.89. The number of Topliss-reactive ketones (excluding diaryl/α,β-unsaturated/α-hetero) is 1. The molecule has 0 fully saturated rings. The molecule has 0 radical (unpaired) electrons. The molecule has 0 spiro atoms. The Bertz CT molecular complexity index is 226. The van der Waals surface area contributed by atoms with Crippen LogP contribution in [0.3, 0.4) is 0 Å². The van der Waals surface area contributed by atoms with Crippen LogP contribution in [0.1, 0.15) is 34.1 Å². The predicted octanol–water partition coefficient (Wildman–Crippen LogP) is 1.74. The normalized spacial score (nSPS) is 13.5. The fourth-order valence-corrected chi connectivity index (χ4v) is 0.980.